The van der Waals surface area contributed by atoms with E-state index in [0.29, 0.717) is 11.1 Å². The minimum atomic E-state index is 0.202. The molecule has 4 heteroatoms. The molecule has 0 aromatic carbocycles. The van der Waals surface area contributed by atoms with E-state index in [1.807, 2.05) is 38.2 Å². The maximum atomic E-state index is 6.05. The molecule has 0 bridgehead atoms. The molecule has 108 valence electrons. The van der Waals surface area contributed by atoms with E-state index in [1.54, 1.807) is 0 Å². The van der Waals surface area contributed by atoms with Gasteiger partial charge in [-0.2, -0.15) is 0 Å². The molecular formula is C16H22ClN3. The number of hydrogen-bond acceptors (Lipinski definition) is 3. The molecule has 0 spiro atoms. The molecule has 0 saturated carbocycles. The lowest BCUT2D eigenvalue weighted by Gasteiger charge is -2.08. The van der Waals surface area contributed by atoms with Gasteiger partial charge in [-0.15, -0.1) is 0 Å². The number of nitrogens with zero attached hydrogens (tertiary/aromatic N) is 2. The molecule has 1 aromatic heterocycles. The van der Waals surface area contributed by atoms with Crippen LogP contribution in [0.15, 0.2) is 29.9 Å². The maximum Gasteiger partial charge on any atom is 0.221 e. The van der Waals surface area contributed by atoms with Crippen molar-refractivity contribution < 1.29 is 0 Å². The lowest BCUT2D eigenvalue weighted by atomic mass is 10.0. The Bertz CT molecular complexity index is 543. The zero-order chi connectivity index (χ0) is 15.1. The first-order chi connectivity index (χ1) is 9.43. The molecule has 3 nitrogen and oxygen atoms in total. The van der Waals surface area contributed by atoms with Crippen molar-refractivity contribution in [3.8, 4) is 0 Å². The first kappa shape index (κ1) is 16.4. The van der Waals surface area contributed by atoms with Crippen LogP contribution in [0, 0.1) is 12.8 Å². The van der Waals surface area contributed by atoms with Gasteiger partial charge < -0.3 is 5.73 Å². The Hall–Kier alpha value is -1.61. The van der Waals surface area contributed by atoms with Crippen LogP contribution in [0.2, 0.25) is 5.15 Å². The summed E-state index contributed by atoms with van der Waals surface area (Å²) >= 11 is 6.05. The fourth-order valence-electron chi connectivity index (χ4n) is 1.78. The third-order valence-corrected chi connectivity index (χ3v) is 3.09. The Morgan fingerprint density at radius 2 is 2.00 bits per heavy atom. The van der Waals surface area contributed by atoms with E-state index in [9.17, 15) is 0 Å². The van der Waals surface area contributed by atoms with Crippen LogP contribution in [-0.2, 0) is 0 Å². The summed E-state index contributed by atoms with van der Waals surface area (Å²) in [7, 11) is 0. The van der Waals surface area contributed by atoms with Gasteiger partial charge in [0.25, 0.3) is 0 Å². The van der Waals surface area contributed by atoms with Crippen LogP contribution >= 0.6 is 11.6 Å². The number of halogens is 1. The molecule has 1 heterocycles. The largest absolute Gasteiger partial charge is 0.368 e. The van der Waals surface area contributed by atoms with Crippen molar-refractivity contribution in [2.75, 3.05) is 5.73 Å². The molecule has 0 unspecified atom stereocenters. The summed E-state index contributed by atoms with van der Waals surface area (Å²) in [4.78, 5) is 8.21. The minimum absolute atomic E-state index is 0.202. The van der Waals surface area contributed by atoms with Gasteiger partial charge in [-0.3, -0.25) is 0 Å². The van der Waals surface area contributed by atoms with Gasteiger partial charge in [0.1, 0.15) is 5.15 Å². The maximum absolute atomic E-state index is 6.05. The van der Waals surface area contributed by atoms with Crippen LogP contribution < -0.4 is 5.73 Å². The predicted molar refractivity (Wildman–Crippen MR) is 87.6 cm³/mol. The first-order valence-electron chi connectivity index (χ1n) is 6.73. The highest BCUT2D eigenvalue weighted by Gasteiger charge is 2.07. The van der Waals surface area contributed by atoms with E-state index < -0.39 is 0 Å². The molecule has 0 aliphatic carbocycles. The first-order valence-corrected chi connectivity index (χ1v) is 7.11. The third-order valence-electron chi connectivity index (χ3n) is 2.72. The zero-order valence-corrected chi connectivity index (χ0v) is 13.3. The summed E-state index contributed by atoms with van der Waals surface area (Å²) in [6, 6.07) is 0. The molecule has 20 heavy (non-hydrogen) atoms. The Morgan fingerprint density at radius 3 is 2.60 bits per heavy atom. The average Bonchev–Trinajstić information content (AvgIpc) is 2.34. The van der Waals surface area contributed by atoms with E-state index in [0.717, 1.165) is 17.7 Å². The van der Waals surface area contributed by atoms with Gasteiger partial charge in [0.15, 0.2) is 0 Å². The van der Waals surface area contributed by atoms with Gasteiger partial charge >= 0.3 is 0 Å². The molecule has 0 aliphatic heterocycles. The SMILES string of the molecule is C/C=C/C=C\C(=C\c1nc(N)nc(Cl)c1C)CC(C)C. The molecule has 0 atom stereocenters. The second-order valence-corrected chi connectivity index (χ2v) is 5.44. The van der Waals surface area contributed by atoms with E-state index in [-0.39, 0.29) is 5.95 Å². The molecule has 1 aromatic rings. The number of rotatable bonds is 5. The lowest BCUT2D eigenvalue weighted by molar-refractivity contribution is 0.652. The standard InChI is InChI=1S/C16H22ClN3/c1-5-6-7-8-13(9-11(2)3)10-14-12(4)15(17)20-16(18)19-14/h5-8,10-11H,9H2,1-4H3,(H2,18,19,20)/b6-5+,8-7-,13-10-. The van der Waals surface area contributed by atoms with Crippen LogP contribution in [0.25, 0.3) is 6.08 Å². The van der Waals surface area contributed by atoms with Crippen LogP contribution in [0.1, 0.15) is 38.4 Å². The average molecular weight is 292 g/mol. The van der Waals surface area contributed by atoms with Crippen molar-refractivity contribution in [3.05, 3.63) is 46.3 Å². The smallest absolute Gasteiger partial charge is 0.221 e. The summed E-state index contributed by atoms with van der Waals surface area (Å²) < 4.78 is 0. The summed E-state index contributed by atoms with van der Waals surface area (Å²) in [5.74, 6) is 0.764. The van der Waals surface area contributed by atoms with Gasteiger partial charge in [-0.25, -0.2) is 9.97 Å². The predicted octanol–water partition coefficient (Wildman–Crippen LogP) is 4.58. The monoisotopic (exact) mass is 291 g/mol. The van der Waals surface area contributed by atoms with Gasteiger partial charge in [0.2, 0.25) is 5.95 Å². The van der Waals surface area contributed by atoms with Crippen molar-refractivity contribution in [1.82, 2.24) is 9.97 Å². The van der Waals surface area contributed by atoms with Crippen LogP contribution in [0.4, 0.5) is 5.95 Å². The van der Waals surface area contributed by atoms with Crippen LogP contribution in [0.3, 0.4) is 0 Å². The molecule has 0 aliphatic rings. The number of aromatic nitrogens is 2. The zero-order valence-electron chi connectivity index (χ0n) is 12.5. The topological polar surface area (TPSA) is 51.8 Å². The fourth-order valence-corrected chi connectivity index (χ4v) is 1.96. The number of nitrogen functional groups attached to an aromatic ring is 1. The second-order valence-electron chi connectivity index (χ2n) is 5.08. The lowest BCUT2D eigenvalue weighted by Crippen LogP contribution is -2.00. The number of hydrogen-bond donors (Lipinski definition) is 1. The van der Waals surface area contributed by atoms with E-state index in [4.69, 9.17) is 17.3 Å². The van der Waals surface area contributed by atoms with Crippen molar-refractivity contribution >= 4 is 23.6 Å². The van der Waals surface area contributed by atoms with Gasteiger partial charge in [-0.1, -0.05) is 49.8 Å². The summed E-state index contributed by atoms with van der Waals surface area (Å²) in [6.45, 7) is 8.26. The van der Waals surface area contributed by atoms with Gasteiger partial charge in [-0.05, 0) is 37.8 Å². The normalized spacial score (nSPS) is 13.0. The van der Waals surface area contributed by atoms with E-state index >= 15 is 0 Å². The highest BCUT2D eigenvalue weighted by Crippen LogP contribution is 2.21. The Balaban J connectivity index is 3.18. The number of anilines is 1. The summed E-state index contributed by atoms with van der Waals surface area (Å²) in [5, 5.41) is 0.407. The van der Waals surface area contributed by atoms with Gasteiger partial charge in [0, 0.05) is 5.56 Å². The minimum Gasteiger partial charge on any atom is -0.368 e. The molecule has 0 saturated heterocycles. The van der Waals surface area contributed by atoms with Crippen LogP contribution in [-0.4, -0.2) is 9.97 Å². The Kier molecular flexibility index (Phi) is 6.46. The second kappa shape index (κ2) is 7.85. The van der Waals surface area contributed by atoms with Crippen LogP contribution in [0.5, 0.6) is 0 Å². The third kappa shape index (κ3) is 5.17. The van der Waals surface area contributed by atoms with E-state index in [1.165, 1.54) is 5.57 Å². The molecule has 0 fully saturated rings. The quantitative estimate of drug-likeness (QED) is 0.638. The van der Waals surface area contributed by atoms with Gasteiger partial charge in [0.05, 0.1) is 5.69 Å². The molecule has 0 amide bonds. The van der Waals surface area contributed by atoms with Crippen molar-refractivity contribution in [2.24, 2.45) is 5.92 Å². The molecule has 0 radical (unpaired) electrons. The number of allylic oxidation sites excluding steroid dienone is 5. The molecule has 2 N–H and O–H groups in total. The molecular weight excluding hydrogens is 270 g/mol. The highest BCUT2D eigenvalue weighted by atomic mass is 35.5. The highest BCUT2D eigenvalue weighted by molar-refractivity contribution is 6.30. The summed E-state index contributed by atoms with van der Waals surface area (Å²) in [6.07, 6.45) is 11.1. The van der Waals surface area contributed by atoms with Crippen molar-refractivity contribution in [1.29, 1.82) is 0 Å². The fraction of sp³-hybridized carbons (Fsp3) is 0.375. The number of nitrogens with two attached hydrogens (primary N) is 1. The summed E-state index contributed by atoms with van der Waals surface area (Å²) in [5.41, 5.74) is 8.48. The Morgan fingerprint density at radius 1 is 1.30 bits per heavy atom. The molecule has 1 rings (SSSR count). The van der Waals surface area contributed by atoms with Crippen molar-refractivity contribution in [2.45, 2.75) is 34.1 Å². The van der Waals surface area contributed by atoms with Crippen molar-refractivity contribution in [3.63, 3.8) is 0 Å². The van der Waals surface area contributed by atoms with E-state index in [2.05, 4.69) is 29.9 Å². The Labute approximate surface area is 126 Å².